The van der Waals surface area contributed by atoms with E-state index in [1.165, 1.54) is 0 Å². The third-order valence-corrected chi connectivity index (χ3v) is 7.07. The minimum Gasteiger partial charge on any atom is -0.381 e. The van der Waals surface area contributed by atoms with Gasteiger partial charge in [0.1, 0.15) is 5.82 Å². The van der Waals surface area contributed by atoms with Crippen molar-refractivity contribution in [3.8, 4) is 0 Å². The largest absolute Gasteiger partial charge is 0.381 e. The van der Waals surface area contributed by atoms with E-state index >= 15 is 0 Å². The summed E-state index contributed by atoms with van der Waals surface area (Å²) >= 11 is 0. The van der Waals surface area contributed by atoms with Crippen LogP contribution in [-0.2, 0) is 20.8 Å². The molecule has 7 heteroatoms. The highest BCUT2D eigenvalue weighted by atomic mass is 16.5. The van der Waals surface area contributed by atoms with Crippen LogP contribution >= 0.6 is 0 Å². The predicted octanol–water partition coefficient (Wildman–Crippen LogP) is 4.10. The third kappa shape index (κ3) is 4.07. The van der Waals surface area contributed by atoms with Crippen LogP contribution in [0, 0.1) is 5.92 Å². The van der Waals surface area contributed by atoms with Crippen LogP contribution < -0.4 is 15.1 Å². The number of nitrogens with one attached hydrogen (secondary N) is 1. The SMILES string of the molecule is COC1CCC(C(=O)N2Cc3cccnc3Nc3ccc(N4CCOCC4C)cc32)CC1. The van der Waals surface area contributed by atoms with Gasteiger partial charge in [-0.15, -0.1) is 0 Å². The number of rotatable bonds is 3. The Balaban J connectivity index is 1.50. The molecule has 1 amide bonds. The minimum atomic E-state index is 0.0263. The molecule has 1 aliphatic carbocycles. The summed E-state index contributed by atoms with van der Waals surface area (Å²) in [5.41, 5.74) is 4.01. The third-order valence-electron chi connectivity index (χ3n) is 7.07. The number of hydrogen-bond acceptors (Lipinski definition) is 6. The minimum absolute atomic E-state index is 0.0263. The Labute approximate surface area is 189 Å². The molecule has 5 rings (SSSR count). The summed E-state index contributed by atoms with van der Waals surface area (Å²) in [6.07, 6.45) is 5.69. The highest BCUT2D eigenvalue weighted by Gasteiger charge is 2.33. The average molecular weight is 437 g/mol. The number of nitrogens with zero attached hydrogens (tertiary/aromatic N) is 3. The number of carbonyl (C=O) groups is 1. The second-order valence-corrected chi connectivity index (χ2v) is 9.09. The number of fused-ring (bicyclic) bond motifs is 2. The van der Waals surface area contributed by atoms with E-state index in [9.17, 15) is 4.79 Å². The molecule has 1 aromatic carbocycles. The molecular weight excluding hydrogens is 404 g/mol. The van der Waals surface area contributed by atoms with Crippen molar-refractivity contribution in [3.63, 3.8) is 0 Å². The summed E-state index contributed by atoms with van der Waals surface area (Å²) in [6, 6.07) is 10.7. The monoisotopic (exact) mass is 436 g/mol. The first-order valence-electron chi connectivity index (χ1n) is 11.7. The molecule has 1 unspecified atom stereocenters. The molecule has 3 heterocycles. The van der Waals surface area contributed by atoms with Crippen molar-refractivity contribution in [3.05, 3.63) is 42.1 Å². The first-order valence-corrected chi connectivity index (χ1v) is 11.7. The number of pyridine rings is 1. The van der Waals surface area contributed by atoms with Crippen LogP contribution in [0.1, 0.15) is 38.2 Å². The second-order valence-electron chi connectivity index (χ2n) is 9.09. The van der Waals surface area contributed by atoms with Crippen LogP contribution in [0.15, 0.2) is 36.5 Å². The topological polar surface area (TPSA) is 66.9 Å². The highest BCUT2D eigenvalue weighted by Crippen LogP contribution is 2.40. The molecule has 3 aliphatic rings. The van der Waals surface area contributed by atoms with Gasteiger partial charge >= 0.3 is 0 Å². The lowest BCUT2D eigenvalue weighted by atomic mass is 9.86. The molecule has 0 bridgehead atoms. The standard InChI is InChI=1S/C25H32N4O3/c1-17-16-32-13-12-28(17)20-7-10-22-23(14-20)29(15-19-4-3-11-26-24(19)27-22)25(30)18-5-8-21(31-2)9-6-18/h3-4,7,10-11,14,17-18,21H,5-6,8-9,12-13,15-16H2,1-2H3,(H,26,27). The van der Waals surface area contributed by atoms with Crippen molar-refractivity contribution in [1.29, 1.82) is 0 Å². The van der Waals surface area contributed by atoms with Gasteiger partial charge in [0.2, 0.25) is 5.91 Å². The fraction of sp³-hybridized carbons (Fsp3) is 0.520. The lowest BCUT2D eigenvalue weighted by Crippen LogP contribution is -2.44. The van der Waals surface area contributed by atoms with Gasteiger partial charge < -0.3 is 24.6 Å². The Hall–Kier alpha value is -2.64. The smallest absolute Gasteiger partial charge is 0.230 e. The number of carbonyl (C=O) groups excluding carboxylic acids is 1. The van der Waals surface area contributed by atoms with Crippen LogP contribution in [0.5, 0.6) is 0 Å². The molecule has 2 aromatic rings. The van der Waals surface area contributed by atoms with E-state index < -0.39 is 0 Å². The van der Waals surface area contributed by atoms with Crippen molar-refractivity contribution < 1.29 is 14.3 Å². The van der Waals surface area contributed by atoms with E-state index in [-0.39, 0.29) is 17.9 Å². The molecule has 1 saturated heterocycles. The number of benzene rings is 1. The fourth-order valence-corrected chi connectivity index (χ4v) is 5.16. The van der Waals surface area contributed by atoms with E-state index in [1.54, 1.807) is 13.3 Å². The van der Waals surface area contributed by atoms with Crippen LogP contribution in [-0.4, -0.2) is 49.9 Å². The van der Waals surface area contributed by atoms with Crippen LogP contribution in [0.4, 0.5) is 22.9 Å². The van der Waals surface area contributed by atoms with Gasteiger partial charge in [-0.25, -0.2) is 4.98 Å². The number of aromatic nitrogens is 1. The first kappa shape index (κ1) is 21.2. The maximum atomic E-state index is 13.8. The zero-order valence-corrected chi connectivity index (χ0v) is 18.9. The second kappa shape index (κ2) is 9.08. The van der Waals surface area contributed by atoms with Gasteiger partial charge in [-0.05, 0) is 56.9 Å². The molecule has 1 N–H and O–H groups in total. The van der Waals surface area contributed by atoms with Gasteiger partial charge in [-0.1, -0.05) is 6.07 Å². The Kier molecular flexibility index (Phi) is 6.02. The molecular formula is C25H32N4O3. The number of morpholine rings is 1. The molecule has 1 saturated carbocycles. The molecule has 2 aliphatic heterocycles. The van der Waals surface area contributed by atoms with Crippen molar-refractivity contribution >= 4 is 28.8 Å². The van der Waals surface area contributed by atoms with Crippen molar-refractivity contribution in [2.75, 3.05) is 42.0 Å². The molecule has 32 heavy (non-hydrogen) atoms. The Bertz CT molecular complexity index is 973. The van der Waals surface area contributed by atoms with E-state index in [1.807, 2.05) is 17.0 Å². The summed E-state index contributed by atoms with van der Waals surface area (Å²) in [4.78, 5) is 22.7. The molecule has 1 aromatic heterocycles. The van der Waals surface area contributed by atoms with Crippen molar-refractivity contribution in [2.45, 2.75) is 51.3 Å². The highest BCUT2D eigenvalue weighted by molar-refractivity contribution is 6.00. The Morgan fingerprint density at radius 1 is 1.22 bits per heavy atom. The number of methoxy groups -OCH3 is 1. The van der Waals surface area contributed by atoms with Gasteiger partial charge in [0.15, 0.2) is 0 Å². The number of anilines is 4. The number of hydrogen-bond donors (Lipinski definition) is 1. The van der Waals surface area contributed by atoms with Crippen LogP contribution in [0.2, 0.25) is 0 Å². The summed E-state index contributed by atoms with van der Waals surface area (Å²) in [5.74, 6) is 1.05. The maximum absolute atomic E-state index is 13.8. The van der Waals surface area contributed by atoms with E-state index in [2.05, 4.69) is 40.3 Å². The number of amides is 1. The zero-order chi connectivity index (χ0) is 22.1. The molecule has 0 radical (unpaired) electrons. The molecule has 170 valence electrons. The zero-order valence-electron chi connectivity index (χ0n) is 18.9. The van der Waals surface area contributed by atoms with Gasteiger partial charge in [-0.3, -0.25) is 4.79 Å². The first-order chi connectivity index (χ1) is 15.6. The maximum Gasteiger partial charge on any atom is 0.230 e. The molecule has 1 atom stereocenters. The van der Waals surface area contributed by atoms with E-state index in [0.717, 1.165) is 73.9 Å². The molecule has 7 nitrogen and oxygen atoms in total. The predicted molar refractivity (Wildman–Crippen MR) is 126 cm³/mol. The van der Waals surface area contributed by atoms with Gasteiger partial charge in [0, 0.05) is 43.1 Å². The number of ether oxygens (including phenoxy) is 2. The summed E-state index contributed by atoms with van der Waals surface area (Å²) < 4.78 is 11.1. The van der Waals surface area contributed by atoms with Gasteiger partial charge in [0.05, 0.1) is 37.2 Å². The summed E-state index contributed by atoms with van der Waals surface area (Å²) in [6.45, 7) is 5.00. The van der Waals surface area contributed by atoms with Crippen molar-refractivity contribution in [1.82, 2.24) is 4.98 Å². The molecule has 2 fully saturated rings. The van der Waals surface area contributed by atoms with Gasteiger partial charge in [-0.2, -0.15) is 0 Å². The summed E-state index contributed by atoms with van der Waals surface area (Å²) in [7, 11) is 1.77. The van der Waals surface area contributed by atoms with Crippen molar-refractivity contribution in [2.24, 2.45) is 5.92 Å². The lowest BCUT2D eigenvalue weighted by Gasteiger charge is -2.36. The Morgan fingerprint density at radius 2 is 2.06 bits per heavy atom. The van der Waals surface area contributed by atoms with E-state index in [4.69, 9.17) is 9.47 Å². The van der Waals surface area contributed by atoms with Crippen LogP contribution in [0.25, 0.3) is 0 Å². The lowest BCUT2D eigenvalue weighted by molar-refractivity contribution is -0.124. The quantitative estimate of drug-likeness (QED) is 0.781. The normalized spacial score (nSPS) is 25.4. The van der Waals surface area contributed by atoms with Gasteiger partial charge in [0.25, 0.3) is 0 Å². The average Bonchev–Trinajstić information content (AvgIpc) is 3.00. The molecule has 0 spiro atoms. The fourth-order valence-electron chi connectivity index (χ4n) is 5.16. The van der Waals surface area contributed by atoms with E-state index in [0.29, 0.717) is 12.6 Å². The Morgan fingerprint density at radius 3 is 2.84 bits per heavy atom. The summed E-state index contributed by atoms with van der Waals surface area (Å²) in [5, 5.41) is 3.48. The van der Waals surface area contributed by atoms with Crippen LogP contribution in [0.3, 0.4) is 0 Å².